The molecule has 0 spiro atoms. The molecule has 0 fully saturated rings. The highest BCUT2D eigenvalue weighted by Gasteiger charge is 2.22. The summed E-state index contributed by atoms with van der Waals surface area (Å²) in [5.41, 5.74) is 2.25. The van der Waals surface area contributed by atoms with Gasteiger partial charge < -0.3 is 5.11 Å². The van der Waals surface area contributed by atoms with Crippen molar-refractivity contribution in [3.8, 4) is 16.9 Å². The molecule has 3 rings (SSSR count). The van der Waals surface area contributed by atoms with E-state index in [1.54, 1.807) is 24.3 Å². The van der Waals surface area contributed by atoms with Gasteiger partial charge in [0.05, 0.1) is 0 Å². The Morgan fingerprint density at radius 2 is 1.44 bits per heavy atom. The van der Waals surface area contributed by atoms with E-state index in [0.29, 0.717) is 11.1 Å². The van der Waals surface area contributed by atoms with Crippen molar-refractivity contribution in [2.75, 3.05) is 0 Å². The van der Waals surface area contributed by atoms with E-state index >= 15 is 0 Å². The summed E-state index contributed by atoms with van der Waals surface area (Å²) < 4.78 is 33.5. The van der Waals surface area contributed by atoms with Gasteiger partial charge in [0.25, 0.3) is 10.1 Å². The Morgan fingerprint density at radius 3 is 2.00 bits per heavy atom. The average molecular weight is 354 g/mol. The third kappa shape index (κ3) is 3.57. The fraction of sp³-hybridized carbons (Fsp3) is 0.100. The molecule has 3 aromatic carbocycles. The molecule has 5 heteroatoms. The van der Waals surface area contributed by atoms with Crippen LogP contribution < -0.4 is 0 Å². The van der Waals surface area contributed by atoms with Gasteiger partial charge in [-0.05, 0) is 23.3 Å². The highest BCUT2D eigenvalue weighted by Crippen LogP contribution is 2.38. The van der Waals surface area contributed by atoms with Gasteiger partial charge in [-0.15, -0.1) is 0 Å². The second-order valence-electron chi connectivity index (χ2n) is 5.88. The van der Waals surface area contributed by atoms with Gasteiger partial charge in [-0.2, -0.15) is 8.42 Å². The quantitative estimate of drug-likeness (QED) is 0.679. The summed E-state index contributed by atoms with van der Waals surface area (Å²) in [6, 6.07) is 21.0. The van der Waals surface area contributed by atoms with E-state index in [-0.39, 0.29) is 22.1 Å². The fourth-order valence-electron chi connectivity index (χ4n) is 2.91. The van der Waals surface area contributed by atoms with Crippen molar-refractivity contribution < 1.29 is 18.1 Å². The van der Waals surface area contributed by atoms with Crippen LogP contribution in [0.15, 0.2) is 77.7 Å². The minimum atomic E-state index is -4.45. The molecule has 25 heavy (non-hydrogen) atoms. The summed E-state index contributed by atoms with van der Waals surface area (Å²) in [4.78, 5) is -0.214. The number of benzene rings is 3. The highest BCUT2D eigenvalue weighted by atomic mass is 32.2. The van der Waals surface area contributed by atoms with Crippen LogP contribution in [-0.2, 0) is 10.1 Å². The Kier molecular flexibility index (Phi) is 4.61. The number of hydrogen-bond donors (Lipinski definition) is 2. The molecule has 0 aliphatic carbocycles. The first-order chi connectivity index (χ1) is 11.9. The number of phenolic OH excluding ortho intramolecular Hbond substituents is 1. The zero-order chi connectivity index (χ0) is 18.0. The van der Waals surface area contributed by atoms with Gasteiger partial charge >= 0.3 is 0 Å². The molecule has 0 aromatic heterocycles. The van der Waals surface area contributed by atoms with Crippen LogP contribution in [0.3, 0.4) is 0 Å². The molecule has 0 heterocycles. The summed E-state index contributed by atoms with van der Waals surface area (Å²) in [5, 5.41) is 10.5. The van der Waals surface area contributed by atoms with Crippen molar-refractivity contribution >= 4 is 10.1 Å². The average Bonchev–Trinajstić information content (AvgIpc) is 2.61. The van der Waals surface area contributed by atoms with Gasteiger partial charge in [-0.25, -0.2) is 0 Å². The molecule has 128 valence electrons. The second kappa shape index (κ2) is 6.70. The minimum Gasteiger partial charge on any atom is -0.508 e. The van der Waals surface area contributed by atoms with Crippen LogP contribution in [0.4, 0.5) is 0 Å². The zero-order valence-electron chi connectivity index (χ0n) is 13.6. The van der Waals surface area contributed by atoms with E-state index in [9.17, 15) is 18.1 Å². The number of phenols is 1. The van der Waals surface area contributed by atoms with Crippen LogP contribution in [0, 0.1) is 0 Å². The van der Waals surface area contributed by atoms with E-state index in [0.717, 1.165) is 5.56 Å². The van der Waals surface area contributed by atoms with Gasteiger partial charge in [0.15, 0.2) is 0 Å². The number of hydrogen-bond acceptors (Lipinski definition) is 3. The van der Waals surface area contributed by atoms with Gasteiger partial charge in [0.2, 0.25) is 0 Å². The van der Waals surface area contributed by atoms with Crippen molar-refractivity contribution in [1.82, 2.24) is 0 Å². The standard InChI is InChI=1S/C20H18O4S/c1-14(15-8-4-2-5-9-15)17-13-20(25(22,23)24)18(12-19(17)21)16-10-6-3-7-11-16/h2-14,21H,1H3,(H,22,23,24). The van der Waals surface area contributed by atoms with Gasteiger partial charge in [-0.1, -0.05) is 67.6 Å². The molecule has 3 aromatic rings. The molecule has 0 bridgehead atoms. The van der Waals surface area contributed by atoms with Gasteiger partial charge in [0.1, 0.15) is 10.6 Å². The second-order valence-corrected chi connectivity index (χ2v) is 7.27. The predicted molar refractivity (Wildman–Crippen MR) is 97.3 cm³/mol. The van der Waals surface area contributed by atoms with E-state index in [2.05, 4.69) is 0 Å². The summed E-state index contributed by atoms with van der Waals surface area (Å²) in [5.74, 6) is -0.242. The Morgan fingerprint density at radius 1 is 0.880 bits per heavy atom. The van der Waals surface area contributed by atoms with Crippen molar-refractivity contribution in [3.05, 3.63) is 83.9 Å². The molecule has 0 saturated heterocycles. The third-order valence-corrected chi connectivity index (χ3v) is 5.15. The van der Waals surface area contributed by atoms with Crippen LogP contribution in [0.2, 0.25) is 0 Å². The number of rotatable bonds is 4. The molecule has 0 radical (unpaired) electrons. The summed E-state index contributed by atoms with van der Waals surface area (Å²) in [7, 11) is -4.45. The SMILES string of the molecule is CC(c1ccccc1)c1cc(S(=O)(=O)O)c(-c2ccccc2)cc1O. The van der Waals surface area contributed by atoms with E-state index in [1.807, 2.05) is 43.3 Å². The monoisotopic (exact) mass is 354 g/mol. The lowest BCUT2D eigenvalue weighted by atomic mass is 9.91. The summed E-state index contributed by atoms with van der Waals surface area (Å²) >= 11 is 0. The van der Waals surface area contributed by atoms with Crippen LogP contribution in [0.25, 0.3) is 11.1 Å². The van der Waals surface area contributed by atoms with Crippen molar-refractivity contribution in [3.63, 3.8) is 0 Å². The Bertz CT molecular complexity index is 981. The fourth-order valence-corrected chi connectivity index (χ4v) is 3.64. The molecule has 0 amide bonds. The summed E-state index contributed by atoms with van der Waals surface area (Å²) in [6.07, 6.45) is 0. The smallest absolute Gasteiger partial charge is 0.295 e. The molecule has 0 aliphatic rings. The first-order valence-corrected chi connectivity index (χ1v) is 9.26. The Hall–Kier alpha value is -2.63. The van der Waals surface area contributed by atoms with Crippen molar-refractivity contribution in [2.45, 2.75) is 17.7 Å². The molecular formula is C20H18O4S. The van der Waals surface area contributed by atoms with Crippen LogP contribution in [-0.4, -0.2) is 18.1 Å². The molecule has 1 unspecified atom stereocenters. The van der Waals surface area contributed by atoms with Crippen molar-refractivity contribution in [1.29, 1.82) is 0 Å². The predicted octanol–water partition coefficient (Wildman–Crippen LogP) is 4.46. The third-order valence-electron chi connectivity index (χ3n) is 4.26. The first kappa shape index (κ1) is 17.2. The van der Waals surface area contributed by atoms with E-state index in [1.165, 1.54) is 12.1 Å². The molecule has 1 atom stereocenters. The molecular weight excluding hydrogens is 336 g/mol. The van der Waals surface area contributed by atoms with Crippen molar-refractivity contribution in [2.24, 2.45) is 0 Å². The number of aromatic hydroxyl groups is 1. The van der Waals surface area contributed by atoms with Crippen LogP contribution >= 0.6 is 0 Å². The first-order valence-electron chi connectivity index (χ1n) is 7.82. The lowest BCUT2D eigenvalue weighted by Gasteiger charge is -2.17. The minimum absolute atomic E-state index is 0.0115. The zero-order valence-corrected chi connectivity index (χ0v) is 14.4. The van der Waals surface area contributed by atoms with Crippen LogP contribution in [0.5, 0.6) is 5.75 Å². The Labute approximate surface area is 147 Å². The lowest BCUT2D eigenvalue weighted by molar-refractivity contribution is 0.464. The summed E-state index contributed by atoms with van der Waals surface area (Å²) in [6.45, 7) is 1.88. The molecule has 2 N–H and O–H groups in total. The lowest BCUT2D eigenvalue weighted by Crippen LogP contribution is -2.05. The van der Waals surface area contributed by atoms with E-state index < -0.39 is 10.1 Å². The Balaban J connectivity index is 2.21. The normalized spacial score (nSPS) is 12.7. The van der Waals surface area contributed by atoms with E-state index in [4.69, 9.17) is 0 Å². The van der Waals surface area contributed by atoms with Gasteiger partial charge in [-0.3, -0.25) is 4.55 Å². The molecule has 0 aliphatic heterocycles. The maximum absolute atomic E-state index is 11.9. The molecule has 0 saturated carbocycles. The van der Waals surface area contributed by atoms with Gasteiger partial charge in [0, 0.05) is 17.0 Å². The molecule has 4 nitrogen and oxygen atoms in total. The highest BCUT2D eigenvalue weighted by molar-refractivity contribution is 7.86. The maximum Gasteiger partial charge on any atom is 0.295 e. The maximum atomic E-state index is 11.9. The largest absolute Gasteiger partial charge is 0.508 e. The topological polar surface area (TPSA) is 74.6 Å². The van der Waals surface area contributed by atoms with Crippen LogP contribution in [0.1, 0.15) is 24.0 Å².